The molecule has 1 aromatic heterocycles. The van der Waals surface area contributed by atoms with Crippen molar-refractivity contribution in [3.8, 4) is 5.88 Å². The molecular weight excluding hydrogens is 230 g/mol. The van der Waals surface area contributed by atoms with Crippen molar-refractivity contribution in [2.75, 3.05) is 0 Å². The van der Waals surface area contributed by atoms with Crippen molar-refractivity contribution >= 4 is 5.84 Å². The summed E-state index contributed by atoms with van der Waals surface area (Å²) in [5.41, 5.74) is 7.59. The Morgan fingerprint density at radius 1 is 1.50 bits per heavy atom. The molecule has 18 heavy (non-hydrogen) atoms. The Bertz CT molecular complexity index is 468. The normalized spacial score (nSPS) is 12.6. The SMILES string of the molecule is CCC(C)(C)Oc1nc(C)cc(C)c1/C(N)=N/O. The van der Waals surface area contributed by atoms with Crippen molar-refractivity contribution in [2.45, 2.75) is 46.6 Å². The van der Waals surface area contributed by atoms with E-state index in [0.29, 0.717) is 11.4 Å². The number of aryl methyl sites for hydroxylation is 2. The minimum atomic E-state index is -0.349. The van der Waals surface area contributed by atoms with Crippen LogP contribution >= 0.6 is 0 Å². The molecule has 1 heterocycles. The van der Waals surface area contributed by atoms with Gasteiger partial charge in [-0.2, -0.15) is 0 Å². The molecule has 5 nitrogen and oxygen atoms in total. The fourth-order valence-electron chi connectivity index (χ4n) is 1.57. The summed E-state index contributed by atoms with van der Waals surface area (Å²) in [6, 6.07) is 1.87. The van der Waals surface area contributed by atoms with E-state index in [4.69, 9.17) is 15.7 Å². The van der Waals surface area contributed by atoms with Gasteiger partial charge in [0, 0.05) is 5.69 Å². The van der Waals surface area contributed by atoms with Crippen LogP contribution in [0.3, 0.4) is 0 Å². The van der Waals surface area contributed by atoms with Crippen LogP contribution in [0.15, 0.2) is 11.2 Å². The zero-order valence-electron chi connectivity index (χ0n) is 11.6. The van der Waals surface area contributed by atoms with Crippen LogP contribution in [0.2, 0.25) is 0 Å². The summed E-state index contributed by atoms with van der Waals surface area (Å²) < 4.78 is 5.88. The Hall–Kier alpha value is -1.78. The van der Waals surface area contributed by atoms with Crippen LogP contribution in [0.4, 0.5) is 0 Å². The van der Waals surface area contributed by atoms with Crippen molar-refractivity contribution in [2.24, 2.45) is 10.9 Å². The number of hydrogen-bond donors (Lipinski definition) is 2. The second kappa shape index (κ2) is 5.25. The number of aromatic nitrogens is 1. The molecule has 0 aliphatic heterocycles. The van der Waals surface area contributed by atoms with E-state index >= 15 is 0 Å². The van der Waals surface area contributed by atoms with Crippen LogP contribution in [0.1, 0.15) is 44.0 Å². The Kier molecular flexibility index (Phi) is 4.16. The number of oxime groups is 1. The minimum Gasteiger partial charge on any atom is -0.471 e. The molecule has 0 spiro atoms. The van der Waals surface area contributed by atoms with Crippen LogP contribution < -0.4 is 10.5 Å². The molecule has 0 amide bonds. The minimum absolute atomic E-state index is 0.0157. The lowest BCUT2D eigenvalue weighted by Gasteiger charge is -2.26. The van der Waals surface area contributed by atoms with Gasteiger partial charge in [-0.3, -0.25) is 0 Å². The predicted octanol–water partition coefficient (Wildman–Crippen LogP) is 2.36. The van der Waals surface area contributed by atoms with E-state index in [1.165, 1.54) is 0 Å². The number of rotatable bonds is 4. The second-order valence-electron chi connectivity index (χ2n) is 4.96. The van der Waals surface area contributed by atoms with Gasteiger partial charge >= 0.3 is 0 Å². The Labute approximate surface area is 108 Å². The van der Waals surface area contributed by atoms with Gasteiger partial charge in [0.05, 0.1) is 5.56 Å². The number of ether oxygens (including phenoxy) is 1. The first-order valence-electron chi connectivity index (χ1n) is 5.96. The number of nitrogens with zero attached hydrogens (tertiary/aromatic N) is 2. The van der Waals surface area contributed by atoms with Gasteiger partial charge in [0.15, 0.2) is 5.84 Å². The van der Waals surface area contributed by atoms with Gasteiger partial charge in [-0.25, -0.2) is 4.98 Å². The highest BCUT2D eigenvalue weighted by atomic mass is 16.5. The smallest absolute Gasteiger partial charge is 0.225 e. The molecule has 0 saturated carbocycles. The van der Waals surface area contributed by atoms with Crippen molar-refractivity contribution < 1.29 is 9.94 Å². The summed E-state index contributed by atoms with van der Waals surface area (Å²) >= 11 is 0. The van der Waals surface area contributed by atoms with E-state index in [0.717, 1.165) is 17.7 Å². The molecule has 0 unspecified atom stereocenters. The largest absolute Gasteiger partial charge is 0.471 e. The molecule has 0 bridgehead atoms. The summed E-state index contributed by atoms with van der Waals surface area (Å²) in [7, 11) is 0. The molecule has 0 aliphatic rings. The number of amidine groups is 1. The summed E-state index contributed by atoms with van der Waals surface area (Å²) in [4.78, 5) is 4.34. The molecule has 3 N–H and O–H groups in total. The average molecular weight is 251 g/mol. The van der Waals surface area contributed by atoms with E-state index in [1.807, 2.05) is 40.7 Å². The molecule has 0 saturated heterocycles. The van der Waals surface area contributed by atoms with Crippen molar-refractivity contribution in [1.29, 1.82) is 0 Å². The average Bonchev–Trinajstić information content (AvgIpc) is 2.27. The van der Waals surface area contributed by atoms with Crippen LogP contribution in [-0.2, 0) is 0 Å². The fourth-order valence-corrected chi connectivity index (χ4v) is 1.57. The molecule has 0 radical (unpaired) electrons. The first kappa shape index (κ1) is 14.3. The molecule has 0 fully saturated rings. The Morgan fingerprint density at radius 2 is 2.11 bits per heavy atom. The maximum atomic E-state index is 8.84. The number of hydrogen-bond acceptors (Lipinski definition) is 4. The van der Waals surface area contributed by atoms with Crippen molar-refractivity contribution in [3.63, 3.8) is 0 Å². The van der Waals surface area contributed by atoms with Crippen LogP contribution in [-0.4, -0.2) is 21.6 Å². The van der Waals surface area contributed by atoms with E-state index in [2.05, 4.69) is 10.1 Å². The van der Waals surface area contributed by atoms with E-state index < -0.39 is 0 Å². The van der Waals surface area contributed by atoms with E-state index in [-0.39, 0.29) is 11.4 Å². The number of pyridine rings is 1. The van der Waals surface area contributed by atoms with Crippen molar-refractivity contribution in [1.82, 2.24) is 4.98 Å². The first-order chi connectivity index (χ1) is 8.30. The van der Waals surface area contributed by atoms with Gasteiger partial charge in [-0.05, 0) is 45.7 Å². The number of nitrogens with two attached hydrogens (primary N) is 1. The van der Waals surface area contributed by atoms with Crippen LogP contribution in [0, 0.1) is 13.8 Å². The zero-order chi connectivity index (χ0) is 13.9. The first-order valence-corrected chi connectivity index (χ1v) is 5.96. The van der Waals surface area contributed by atoms with Gasteiger partial charge in [-0.1, -0.05) is 12.1 Å². The third-order valence-corrected chi connectivity index (χ3v) is 2.90. The van der Waals surface area contributed by atoms with Gasteiger partial charge in [0.2, 0.25) is 5.88 Å². The van der Waals surface area contributed by atoms with E-state index in [1.54, 1.807) is 0 Å². The quantitative estimate of drug-likeness (QED) is 0.372. The molecular formula is C13H21N3O2. The summed E-state index contributed by atoms with van der Waals surface area (Å²) in [6.45, 7) is 9.75. The monoisotopic (exact) mass is 251 g/mol. The molecule has 5 heteroatoms. The maximum absolute atomic E-state index is 8.84. The molecule has 1 rings (SSSR count). The van der Waals surface area contributed by atoms with Crippen molar-refractivity contribution in [3.05, 3.63) is 22.9 Å². The summed E-state index contributed by atoms with van der Waals surface area (Å²) in [5.74, 6) is 0.427. The van der Waals surface area contributed by atoms with E-state index in [9.17, 15) is 0 Å². The lowest BCUT2D eigenvalue weighted by molar-refractivity contribution is 0.0984. The lowest BCUT2D eigenvalue weighted by Crippen LogP contribution is -2.29. The zero-order valence-corrected chi connectivity index (χ0v) is 11.6. The third-order valence-electron chi connectivity index (χ3n) is 2.90. The highest BCUT2D eigenvalue weighted by molar-refractivity contribution is 6.00. The highest BCUT2D eigenvalue weighted by Gasteiger charge is 2.22. The van der Waals surface area contributed by atoms with Crippen LogP contribution in [0.5, 0.6) is 5.88 Å². The molecule has 0 aromatic carbocycles. The van der Waals surface area contributed by atoms with Gasteiger partial charge in [0.25, 0.3) is 0 Å². The van der Waals surface area contributed by atoms with Gasteiger partial charge in [0.1, 0.15) is 5.60 Å². The van der Waals surface area contributed by atoms with Crippen LogP contribution in [0.25, 0.3) is 0 Å². The maximum Gasteiger partial charge on any atom is 0.225 e. The highest BCUT2D eigenvalue weighted by Crippen LogP contribution is 2.26. The summed E-state index contributed by atoms with van der Waals surface area (Å²) in [5, 5.41) is 11.9. The van der Waals surface area contributed by atoms with Gasteiger partial charge in [-0.15, -0.1) is 0 Å². The fraction of sp³-hybridized carbons (Fsp3) is 0.538. The Morgan fingerprint density at radius 3 is 2.61 bits per heavy atom. The lowest BCUT2D eigenvalue weighted by atomic mass is 10.1. The molecule has 1 aromatic rings. The van der Waals surface area contributed by atoms with Gasteiger partial charge < -0.3 is 15.7 Å². The molecule has 0 aliphatic carbocycles. The second-order valence-corrected chi connectivity index (χ2v) is 4.96. The third kappa shape index (κ3) is 3.12. The summed E-state index contributed by atoms with van der Waals surface area (Å²) in [6.07, 6.45) is 0.831. The topological polar surface area (TPSA) is 80.7 Å². The standard InChI is InChI=1S/C13H21N3O2/c1-6-13(4,5)18-12-10(11(14)16-17)8(2)7-9(3)15-12/h7,17H,6H2,1-5H3,(H2,14,16). The molecule has 0 atom stereocenters. The molecule has 100 valence electrons. The predicted molar refractivity (Wildman–Crippen MR) is 71.2 cm³/mol. The Balaban J connectivity index is 3.33.